The van der Waals surface area contributed by atoms with Gasteiger partial charge in [0.15, 0.2) is 5.82 Å². The van der Waals surface area contributed by atoms with E-state index in [1.807, 2.05) is 30.3 Å². The summed E-state index contributed by atoms with van der Waals surface area (Å²) in [5.74, 6) is 6.52. The summed E-state index contributed by atoms with van der Waals surface area (Å²) >= 11 is 1.35. The Morgan fingerprint density at radius 2 is 2.00 bits per heavy atom. The van der Waals surface area contributed by atoms with Gasteiger partial charge in [-0.1, -0.05) is 30.3 Å². The number of rotatable bonds is 1. The summed E-state index contributed by atoms with van der Waals surface area (Å²) in [7, 11) is 0. The zero-order chi connectivity index (χ0) is 18.8. The van der Waals surface area contributed by atoms with Gasteiger partial charge in [0.2, 0.25) is 0 Å². The first-order valence-electron chi connectivity index (χ1n) is 8.75. The van der Waals surface area contributed by atoms with E-state index in [4.69, 9.17) is 20.5 Å². The minimum Gasteiger partial charge on any atom is -0.370 e. The Morgan fingerprint density at radius 3 is 2.78 bits per heavy atom. The quantitative estimate of drug-likeness (QED) is 0.514. The normalized spacial score (nSPS) is 15.9. The molecule has 0 amide bonds. The Morgan fingerprint density at radius 1 is 1.22 bits per heavy atom. The Hall–Kier alpha value is -2.77. The molecule has 6 nitrogen and oxygen atoms in total. The Bertz CT molecular complexity index is 1260. The van der Waals surface area contributed by atoms with Crippen molar-refractivity contribution in [2.24, 2.45) is 0 Å². The third-order valence-electron chi connectivity index (χ3n) is 4.93. The average Bonchev–Trinajstić information content (AvgIpc) is 3.00. The molecular formula is C20H18N4O2S. The van der Waals surface area contributed by atoms with E-state index in [0.29, 0.717) is 22.6 Å². The second-order valence-corrected chi connectivity index (χ2v) is 8.43. The molecule has 0 spiro atoms. The van der Waals surface area contributed by atoms with Gasteiger partial charge in [0.25, 0.3) is 5.56 Å². The highest BCUT2D eigenvalue weighted by molar-refractivity contribution is 7.25. The molecule has 2 N–H and O–H groups in total. The van der Waals surface area contributed by atoms with E-state index in [9.17, 15) is 4.79 Å². The lowest BCUT2D eigenvalue weighted by Crippen LogP contribution is -2.32. The van der Waals surface area contributed by atoms with Crippen molar-refractivity contribution in [2.45, 2.75) is 32.5 Å². The van der Waals surface area contributed by atoms with Crippen LogP contribution in [0.1, 0.15) is 25.1 Å². The number of thiophene rings is 1. The lowest BCUT2D eigenvalue weighted by Gasteiger charge is -2.30. The van der Waals surface area contributed by atoms with Gasteiger partial charge in [0.1, 0.15) is 9.53 Å². The van der Waals surface area contributed by atoms with E-state index in [-0.39, 0.29) is 11.2 Å². The van der Waals surface area contributed by atoms with E-state index in [2.05, 4.69) is 19.9 Å². The fourth-order valence-corrected chi connectivity index (χ4v) is 4.56. The van der Waals surface area contributed by atoms with Crippen LogP contribution in [0.5, 0.6) is 0 Å². The molecule has 4 heterocycles. The Balaban J connectivity index is 1.80. The maximum Gasteiger partial charge on any atom is 0.290 e. The summed E-state index contributed by atoms with van der Waals surface area (Å²) in [4.78, 5) is 23.3. The number of fused-ring (bicyclic) bond motifs is 4. The molecule has 0 aliphatic carbocycles. The number of benzene rings is 1. The van der Waals surface area contributed by atoms with Crippen LogP contribution in [0.3, 0.4) is 0 Å². The molecular weight excluding hydrogens is 360 g/mol. The molecule has 5 rings (SSSR count). The van der Waals surface area contributed by atoms with Crippen LogP contribution < -0.4 is 11.4 Å². The van der Waals surface area contributed by atoms with E-state index in [1.54, 1.807) is 0 Å². The third-order valence-corrected chi connectivity index (χ3v) is 6.00. The zero-order valence-corrected chi connectivity index (χ0v) is 15.8. The SMILES string of the molecule is CC1(C)Cc2nc3sc4c(=O)n(N)c(-c5ccccc5)nc4c3cc2CO1. The number of hydrogen-bond acceptors (Lipinski definition) is 6. The van der Waals surface area contributed by atoms with Gasteiger partial charge in [0.05, 0.1) is 23.4 Å². The maximum atomic E-state index is 12.9. The fraction of sp³-hybridized carbons (Fsp3) is 0.250. The molecule has 1 aliphatic rings. The van der Waals surface area contributed by atoms with Gasteiger partial charge >= 0.3 is 0 Å². The number of aromatic nitrogens is 3. The third kappa shape index (κ3) is 2.54. The molecule has 0 atom stereocenters. The van der Waals surface area contributed by atoms with E-state index >= 15 is 0 Å². The molecule has 27 heavy (non-hydrogen) atoms. The number of nitrogens with two attached hydrogens (primary N) is 1. The second kappa shape index (κ2) is 5.61. The molecule has 7 heteroatoms. The molecule has 1 aromatic carbocycles. The van der Waals surface area contributed by atoms with Crippen molar-refractivity contribution in [1.29, 1.82) is 0 Å². The fourth-order valence-electron chi connectivity index (χ4n) is 3.51. The van der Waals surface area contributed by atoms with Gasteiger partial charge in [-0.25, -0.2) is 14.6 Å². The lowest BCUT2D eigenvalue weighted by molar-refractivity contribution is -0.0411. The van der Waals surface area contributed by atoms with Crippen molar-refractivity contribution in [3.63, 3.8) is 0 Å². The van der Waals surface area contributed by atoms with Crippen LogP contribution in [0.25, 0.3) is 31.8 Å². The van der Waals surface area contributed by atoms with Gasteiger partial charge in [-0.2, -0.15) is 0 Å². The molecule has 3 aromatic heterocycles. The van der Waals surface area contributed by atoms with Crippen molar-refractivity contribution in [1.82, 2.24) is 14.6 Å². The predicted octanol–water partition coefficient (Wildman–Crippen LogP) is 3.24. The Kier molecular flexibility index (Phi) is 3.41. The predicted molar refractivity (Wildman–Crippen MR) is 107 cm³/mol. The lowest BCUT2D eigenvalue weighted by atomic mass is 9.95. The van der Waals surface area contributed by atoms with Crippen molar-refractivity contribution >= 4 is 31.8 Å². The largest absolute Gasteiger partial charge is 0.370 e. The molecule has 0 bridgehead atoms. The number of nitrogens with zero attached hydrogens (tertiary/aromatic N) is 3. The monoisotopic (exact) mass is 378 g/mol. The molecule has 0 saturated heterocycles. The smallest absolute Gasteiger partial charge is 0.290 e. The van der Waals surface area contributed by atoms with Gasteiger partial charge in [-0.3, -0.25) is 4.79 Å². The van der Waals surface area contributed by atoms with Crippen LogP contribution in [-0.2, 0) is 17.8 Å². The van der Waals surface area contributed by atoms with Gasteiger partial charge in [0, 0.05) is 22.9 Å². The molecule has 0 radical (unpaired) electrons. The van der Waals surface area contributed by atoms with E-state index in [1.165, 1.54) is 11.3 Å². The zero-order valence-electron chi connectivity index (χ0n) is 15.0. The van der Waals surface area contributed by atoms with E-state index < -0.39 is 0 Å². The summed E-state index contributed by atoms with van der Waals surface area (Å²) in [5, 5.41) is 0.881. The first kappa shape index (κ1) is 16.4. The minimum atomic E-state index is -0.253. The molecule has 0 fully saturated rings. The average molecular weight is 378 g/mol. The molecule has 4 aromatic rings. The molecule has 0 saturated carbocycles. The molecule has 1 aliphatic heterocycles. The standard InChI is InChI=1S/C20H18N4O2S/c1-20(2)9-14-12(10-26-20)8-13-15-16(27-18(13)22-14)19(25)24(21)17(23-15)11-6-4-3-5-7-11/h3-8H,9-10,21H2,1-2H3. The summed E-state index contributed by atoms with van der Waals surface area (Å²) in [6, 6.07) is 11.6. The van der Waals surface area contributed by atoms with Crippen molar-refractivity contribution < 1.29 is 4.74 Å². The second-order valence-electron chi connectivity index (χ2n) is 7.43. The number of nitrogen functional groups attached to an aromatic ring is 1. The minimum absolute atomic E-state index is 0.229. The highest BCUT2D eigenvalue weighted by atomic mass is 32.1. The van der Waals surface area contributed by atoms with Crippen LogP contribution in [0.2, 0.25) is 0 Å². The maximum absolute atomic E-state index is 12.9. The summed E-state index contributed by atoms with van der Waals surface area (Å²) in [5.41, 5.74) is 3.06. The van der Waals surface area contributed by atoms with Crippen LogP contribution in [0.15, 0.2) is 41.2 Å². The van der Waals surface area contributed by atoms with Gasteiger partial charge in [-0.05, 0) is 19.9 Å². The van der Waals surface area contributed by atoms with Gasteiger partial charge in [-0.15, -0.1) is 11.3 Å². The first-order valence-corrected chi connectivity index (χ1v) is 9.57. The molecule has 0 unspecified atom stereocenters. The van der Waals surface area contributed by atoms with Crippen molar-refractivity contribution in [2.75, 3.05) is 5.84 Å². The molecule has 136 valence electrons. The van der Waals surface area contributed by atoms with Crippen molar-refractivity contribution in [3.05, 3.63) is 58.0 Å². The van der Waals surface area contributed by atoms with Gasteiger partial charge < -0.3 is 10.6 Å². The summed E-state index contributed by atoms with van der Waals surface area (Å²) in [6.45, 7) is 4.64. The van der Waals surface area contributed by atoms with E-state index in [0.717, 1.165) is 38.1 Å². The topological polar surface area (TPSA) is 83.0 Å². The summed E-state index contributed by atoms with van der Waals surface area (Å²) < 4.78 is 7.58. The first-order chi connectivity index (χ1) is 12.9. The van der Waals surface area contributed by atoms with Crippen molar-refractivity contribution in [3.8, 4) is 11.4 Å². The number of ether oxygens (including phenoxy) is 1. The highest BCUT2D eigenvalue weighted by Crippen LogP contribution is 2.35. The van der Waals surface area contributed by atoms with Crippen LogP contribution >= 0.6 is 11.3 Å². The number of pyridine rings is 1. The van der Waals surface area contributed by atoms with Crippen LogP contribution in [0.4, 0.5) is 0 Å². The Labute approximate surface area is 159 Å². The highest BCUT2D eigenvalue weighted by Gasteiger charge is 2.28. The van der Waals surface area contributed by atoms with Crippen LogP contribution in [-0.4, -0.2) is 20.2 Å². The summed E-state index contributed by atoms with van der Waals surface area (Å²) in [6.07, 6.45) is 0.746. The number of hydrogen-bond donors (Lipinski definition) is 1. The van der Waals surface area contributed by atoms with Crippen LogP contribution in [0, 0.1) is 0 Å².